The summed E-state index contributed by atoms with van der Waals surface area (Å²) < 4.78 is 0. The molecule has 0 radical (unpaired) electrons. The summed E-state index contributed by atoms with van der Waals surface area (Å²) in [6, 6.07) is 0.564. The van der Waals surface area contributed by atoms with Crippen LogP contribution >= 0.6 is 0 Å². The van der Waals surface area contributed by atoms with Gasteiger partial charge in [0, 0.05) is 11.7 Å². The zero-order valence-electron chi connectivity index (χ0n) is 12.2. The first-order chi connectivity index (χ1) is 10.4. The lowest BCUT2D eigenvalue weighted by Crippen LogP contribution is -2.41. The summed E-state index contributed by atoms with van der Waals surface area (Å²) >= 11 is 0. The van der Waals surface area contributed by atoms with Crippen LogP contribution in [0.15, 0.2) is 11.3 Å². The minimum atomic E-state index is -1.03. The predicted octanol–water partition coefficient (Wildman–Crippen LogP) is 0.0452. The van der Waals surface area contributed by atoms with Gasteiger partial charge in [-0.2, -0.15) is 5.26 Å². The number of amides is 4. The van der Waals surface area contributed by atoms with E-state index in [0.29, 0.717) is 17.7 Å². The number of urea groups is 1. The number of rotatable bonds is 4. The van der Waals surface area contributed by atoms with Crippen LogP contribution in [0.3, 0.4) is 0 Å². The van der Waals surface area contributed by atoms with Crippen molar-refractivity contribution < 1.29 is 19.2 Å². The van der Waals surface area contributed by atoms with Gasteiger partial charge in [0.25, 0.3) is 0 Å². The molecule has 22 heavy (non-hydrogen) atoms. The summed E-state index contributed by atoms with van der Waals surface area (Å²) in [6.07, 6.45) is 3.11. The number of nitriles is 1. The second-order valence-electron chi connectivity index (χ2n) is 5.38. The van der Waals surface area contributed by atoms with E-state index in [1.165, 1.54) is 6.92 Å². The van der Waals surface area contributed by atoms with Crippen molar-refractivity contribution in [2.45, 2.75) is 38.6 Å². The van der Waals surface area contributed by atoms with Crippen LogP contribution < -0.4 is 5.73 Å². The van der Waals surface area contributed by atoms with E-state index in [1.54, 1.807) is 6.07 Å². The lowest BCUT2D eigenvalue weighted by molar-refractivity contribution is -0.144. The maximum atomic E-state index is 12.3. The average Bonchev–Trinajstić information content (AvgIpc) is 3.03. The molecule has 2 aliphatic rings. The number of nitrogens with zero attached hydrogens (tertiary/aromatic N) is 3. The lowest BCUT2D eigenvalue weighted by Gasteiger charge is -2.20. The van der Waals surface area contributed by atoms with Crippen LogP contribution in [0.25, 0.3) is 0 Å². The largest absolute Gasteiger partial charge is 0.401 e. The number of hydrogen-bond donors (Lipinski definition) is 1. The third-order valence-electron chi connectivity index (χ3n) is 3.86. The van der Waals surface area contributed by atoms with Gasteiger partial charge in [0.1, 0.15) is 11.6 Å². The van der Waals surface area contributed by atoms with E-state index in [1.807, 2.05) is 0 Å². The topological polar surface area (TPSA) is 125 Å². The number of hydrogen-bond acceptors (Lipinski definition) is 6. The lowest BCUT2D eigenvalue weighted by atomic mass is 10.1. The quantitative estimate of drug-likeness (QED) is 0.338. The first kappa shape index (κ1) is 15.7. The van der Waals surface area contributed by atoms with Gasteiger partial charge in [-0.15, -0.1) is 0 Å². The molecule has 8 heteroatoms. The number of Topliss-reactive ketones (excluding diaryl/α,β-unsaturated/α-hetero) is 1. The average molecular weight is 304 g/mol. The normalized spacial score (nSPS) is 20.5. The van der Waals surface area contributed by atoms with Gasteiger partial charge >= 0.3 is 17.8 Å². The van der Waals surface area contributed by atoms with Gasteiger partial charge in [-0.3, -0.25) is 19.3 Å². The molecule has 4 amide bonds. The number of allylic oxidation sites excluding steroid dienone is 1. The van der Waals surface area contributed by atoms with Gasteiger partial charge < -0.3 is 5.73 Å². The molecule has 2 N–H and O–H groups in total. The minimum absolute atomic E-state index is 0.00516. The Hall–Kier alpha value is -2.69. The fraction of sp³-hybridized carbons (Fsp3) is 0.500. The van der Waals surface area contributed by atoms with Crippen LogP contribution in [0.1, 0.15) is 32.6 Å². The van der Waals surface area contributed by atoms with Gasteiger partial charge in [0.2, 0.25) is 0 Å². The molecule has 1 aliphatic heterocycles. The van der Waals surface area contributed by atoms with Crippen molar-refractivity contribution in [2.24, 2.45) is 5.73 Å². The third-order valence-corrected chi connectivity index (χ3v) is 3.86. The molecule has 8 nitrogen and oxygen atoms in total. The van der Waals surface area contributed by atoms with Crippen molar-refractivity contribution in [3.05, 3.63) is 11.3 Å². The van der Waals surface area contributed by atoms with Crippen molar-refractivity contribution >= 4 is 23.6 Å². The fourth-order valence-corrected chi connectivity index (χ4v) is 2.74. The summed E-state index contributed by atoms with van der Waals surface area (Å²) in [5.74, 6) is -2.70. The molecule has 1 heterocycles. The van der Waals surface area contributed by atoms with Crippen molar-refractivity contribution in [2.75, 3.05) is 6.54 Å². The summed E-state index contributed by atoms with van der Waals surface area (Å²) in [7, 11) is 0. The number of ketones is 1. The maximum absolute atomic E-state index is 12.3. The van der Waals surface area contributed by atoms with Crippen LogP contribution in [0, 0.1) is 11.3 Å². The molecule has 116 valence electrons. The number of imide groups is 2. The number of carbonyl (C=O) groups excluding carboxylic acids is 4. The molecule has 0 bridgehead atoms. The Morgan fingerprint density at radius 3 is 2.36 bits per heavy atom. The second-order valence-corrected chi connectivity index (χ2v) is 5.38. The van der Waals surface area contributed by atoms with E-state index in [0.717, 1.165) is 17.7 Å². The maximum Gasteiger partial charge on any atom is 0.334 e. The van der Waals surface area contributed by atoms with Crippen LogP contribution in [-0.4, -0.2) is 46.0 Å². The molecule has 0 aromatic rings. The Bertz CT molecular complexity index is 621. The smallest absolute Gasteiger partial charge is 0.334 e. The molecule has 0 aromatic heterocycles. The van der Waals surface area contributed by atoms with Crippen LogP contribution in [0.5, 0.6) is 0 Å². The monoisotopic (exact) mass is 304 g/mol. The van der Waals surface area contributed by atoms with Gasteiger partial charge in [0.05, 0.1) is 6.54 Å². The fourth-order valence-electron chi connectivity index (χ4n) is 2.74. The van der Waals surface area contributed by atoms with E-state index < -0.39 is 30.2 Å². The van der Waals surface area contributed by atoms with Gasteiger partial charge in [-0.05, 0) is 19.8 Å². The summed E-state index contributed by atoms with van der Waals surface area (Å²) in [5, 5.41) is 8.87. The Balaban J connectivity index is 2.19. The van der Waals surface area contributed by atoms with Gasteiger partial charge in [-0.1, -0.05) is 12.8 Å². The molecule has 0 aromatic carbocycles. The molecule has 1 saturated carbocycles. The minimum Gasteiger partial charge on any atom is -0.401 e. The molecule has 0 atom stereocenters. The molecule has 0 spiro atoms. The number of nitrogens with two attached hydrogens (primary N) is 1. The predicted molar refractivity (Wildman–Crippen MR) is 73.7 cm³/mol. The third kappa shape index (κ3) is 2.57. The molecule has 1 aliphatic carbocycles. The Morgan fingerprint density at radius 1 is 1.27 bits per heavy atom. The van der Waals surface area contributed by atoms with Gasteiger partial charge in [0.15, 0.2) is 5.78 Å². The van der Waals surface area contributed by atoms with Crippen LogP contribution in [-0.2, 0) is 14.4 Å². The molecular formula is C14H16N4O4. The number of carbonyl (C=O) groups is 4. The molecule has 0 unspecified atom stereocenters. The van der Waals surface area contributed by atoms with Crippen LogP contribution in [0.2, 0.25) is 0 Å². The van der Waals surface area contributed by atoms with Crippen molar-refractivity contribution in [1.82, 2.24) is 9.80 Å². The summed E-state index contributed by atoms with van der Waals surface area (Å²) in [6.45, 7) is 0.726. The Labute approximate surface area is 127 Å². The van der Waals surface area contributed by atoms with Gasteiger partial charge in [-0.25, -0.2) is 9.69 Å². The first-order valence-corrected chi connectivity index (χ1v) is 6.97. The van der Waals surface area contributed by atoms with E-state index in [4.69, 9.17) is 11.0 Å². The highest BCUT2D eigenvalue weighted by Crippen LogP contribution is 2.27. The standard InChI is InChI=1S/C14H16N4O4/c1-8(16)10(6-15)11(19)7-17-12(20)13(21)18(14(17)22)9-4-2-3-5-9/h9H,2-5,7,16H2,1H3/b10-8+. The highest BCUT2D eigenvalue weighted by atomic mass is 16.2. The SMILES string of the molecule is C/C(N)=C(/C#N)C(=O)CN1C(=O)C(=O)N(C2CCCC2)C1=O. The summed E-state index contributed by atoms with van der Waals surface area (Å²) in [5.41, 5.74) is 5.11. The molecule has 1 saturated heterocycles. The highest BCUT2D eigenvalue weighted by Gasteiger charge is 2.48. The molecule has 2 rings (SSSR count). The Kier molecular flexibility index (Phi) is 4.26. The second kappa shape index (κ2) is 5.97. The Morgan fingerprint density at radius 2 is 1.86 bits per heavy atom. The van der Waals surface area contributed by atoms with Crippen molar-refractivity contribution in [3.8, 4) is 6.07 Å². The van der Waals surface area contributed by atoms with Crippen LogP contribution in [0.4, 0.5) is 4.79 Å². The zero-order chi connectivity index (χ0) is 16.4. The molecular weight excluding hydrogens is 288 g/mol. The van der Waals surface area contributed by atoms with E-state index >= 15 is 0 Å². The zero-order valence-corrected chi connectivity index (χ0v) is 12.2. The van der Waals surface area contributed by atoms with Crippen molar-refractivity contribution in [3.63, 3.8) is 0 Å². The first-order valence-electron chi connectivity index (χ1n) is 6.97. The highest BCUT2D eigenvalue weighted by molar-refractivity contribution is 6.45. The molecule has 2 fully saturated rings. The summed E-state index contributed by atoms with van der Waals surface area (Å²) in [4.78, 5) is 49.6. The van der Waals surface area contributed by atoms with E-state index in [9.17, 15) is 19.2 Å². The van der Waals surface area contributed by atoms with E-state index in [-0.39, 0.29) is 17.3 Å². The van der Waals surface area contributed by atoms with E-state index in [2.05, 4.69) is 0 Å². The van der Waals surface area contributed by atoms with Crippen molar-refractivity contribution in [1.29, 1.82) is 5.26 Å².